The third-order valence-electron chi connectivity index (χ3n) is 1.98. The second kappa shape index (κ2) is 5.73. The number of hydrogen-bond acceptors (Lipinski definition) is 2. The van der Waals surface area contributed by atoms with Crippen LogP contribution in [-0.2, 0) is 9.59 Å². The predicted molar refractivity (Wildman–Crippen MR) is 50.5 cm³/mol. The number of carbonyl (C=O) groups excluding carboxylic acids is 1. The Balaban J connectivity index is 4.18. The van der Waals surface area contributed by atoms with E-state index in [-0.39, 0.29) is 18.1 Å². The van der Waals surface area contributed by atoms with Gasteiger partial charge in [0.1, 0.15) is 5.78 Å². The van der Waals surface area contributed by atoms with Crippen molar-refractivity contribution >= 4 is 11.8 Å². The summed E-state index contributed by atoms with van der Waals surface area (Å²) < 4.78 is 0. The van der Waals surface area contributed by atoms with Crippen LogP contribution in [0.2, 0.25) is 0 Å². The Hall–Kier alpha value is -0.860. The van der Waals surface area contributed by atoms with E-state index in [2.05, 4.69) is 0 Å². The first-order valence-electron chi connectivity index (χ1n) is 4.71. The summed E-state index contributed by atoms with van der Waals surface area (Å²) in [6.07, 6.45) is 1.09. The van der Waals surface area contributed by atoms with E-state index in [1.54, 1.807) is 6.92 Å². The molecule has 0 aliphatic rings. The highest BCUT2D eigenvalue weighted by atomic mass is 16.4. The van der Waals surface area contributed by atoms with Gasteiger partial charge in [-0.15, -0.1) is 0 Å². The van der Waals surface area contributed by atoms with Crippen LogP contribution in [0, 0.1) is 11.8 Å². The highest BCUT2D eigenvalue weighted by Gasteiger charge is 2.20. The quantitative estimate of drug-likeness (QED) is 0.691. The molecule has 3 nitrogen and oxygen atoms in total. The molecule has 0 aliphatic carbocycles. The van der Waals surface area contributed by atoms with Crippen molar-refractivity contribution in [1.29, 1.82) is 0 Å². The maximum atomic E-state index is 11.3. The van der Waals surface area contributed by atoms with E-state index in [4.69, 9.17) is 5.11 Å². The number of hydrogen-bond donors (Lipinski definition) is 1. The van der Waals surface area contributed by atoms with E-state index in [1.807, 2.05) is 13.8 Å². The molecular weight excluding hydrogens is 168 g/mol. The lowest BCUT2D eigenvalue weighted by atomic mass is 9.89. The van der Waals surface area contributed by atoms with E-state index in [0.29, 0.717) is 18.8 Å². The molecule has 1 unspecified atom stereocenters. The van der Waals surface area contributed by atoms with Gasteiger partial charge in [-0.3, -0.25) is 9.59 Å². The molecule has 0 bridgehead atoms. The monoisotopic (exact) mass is 186 g/mol. The molecule has 3 heteroatoms. The Labute approximate surface area is 79.1 Å². The second-order valence-corrected chi connectivity index (χ2v) is 3.74. The van der Waals surface area contributed by atoms with Crippen molar-refractivity contribution in [2.24, 2.45) is 11.8 Å². The minimum atomic E-state index is -0.882. The summed E-state index contributed by atoms with van der Waals surface area (Å²) in [4.78, 5) is 21.8. The van der Waals surface area contributed by atoms with Gasteiger partial charge in [-0.2, -0.15) is 0 Å². The summed E-state index contributed by atoms with van der Waals surface area (Å²) in [5.41, 5.74) is 0. The van der Waals surface area contributed by atoms with Crippen molar-refractivity contribution in [3.05, 3.63) is 0 Å². The van der Waals surface area contributed by atoms with Crippen molar-refractivity contribution in [1.82, 2.24) is 0 Å². The number of carboxylic acid groups (broad SMARTS) is 1. The molecule has 0 heterocycles. The van der Waals surface area contributed by atoms with E-state index < -0.39 is 5.97 Å². The predicted octanol–water partition coefficient (Wildman–Crippen LogP) is 2.10. The molecule has 0 fully saturated rings. The Bertz CT molecular complexity index is 185. The third kappa shape index (κ3) is 5.39. The van der Waals surface area contributed by atoms with Crippen LogP contribution in [0.3, 0.4) is 0 Å². The van der Waals surface area contributed by atoms with Crippen LogP contribution in [0.1, 0.15) is 40.0 Å². The standard InChI is InChI=1S/C10H18O3/c1-4-9(11)8(5-7(2)3)6-10(12)13/h7-8H,4-6H2,1-3H3,(H,12,13). The van der Waals surface area contributed by atoms with Gasteiger partial charge in [0.2, 0.25) is 0 Å². The zero-order valence-corrected chi connectivity index (χ0v) is 8.54. The molecule has 0 aromatic rings. The van der Waals surface area contributed by atoms with Gasteiger partial charge in [0.25, 0.3) is 0 Å². The summed E-state index contributed by atoms with van der Waals surface area (Å²) in [6.45, 7) is 5.77. The topological polar surface area (TPSA) is 54.4 Å². The van der Waals surface area contributed by atoms with Crippen LogP contribution in [0.4, 0.5) is 0 Å². The molecule has 0 saturated carbocycles. The molecule has 1 N–H and O–H groups in total. The first-order valence-corrected chi connectivity index (χ1v) is 4.71. The highest BCUT2D eigenvalue weighted by molar-refractivity contribution is 5.84. The number of carbonyl (C=O) groups is 2. The van der Waals surface area contributed by atoms with Crippen molar-refractivity contribution in [2.75, 3.05) is 0 Å². The summed E-state index contributed by atoms with van der Waals surface area (Å²) in [5, 5.41) is 8.59. The first kappa shape index (κ1) is 12.1. The van der Waals surface area contributed by atoms with Gasteiger partial charge in [0.05, 0.1) is 6.42 Å². The Morgan fingerprint density at radius 2 is 1.85 bits per heavy atom. The Morgan fingerprint density at radius 3 is 2.15 bits per heavy atom. The van der Waals surface area contributed by atoms with Crippen LogP contribution in [-0.4, -0.2) is 16.9 Å². The lowest BCUT2D eigenvalue weighted by molar-refractivity contribution is -0.140. The molecule has 0 spiro atoms. The molecule has 0 radical (unpaired) electrons. The summed E-state index contributed by atoms with van der Waals surface area (Å²) >= 11 is 0. The van der Waals surface area contributed by atoms with Crippen LogP contribution in [0.5, 0.6) is 0 Å². The number of aliphatic carboxylic acids is 1. The Kier molecular flexibility index (Phi) is 5.35. The molecular formula is C10H18O3. The molecule has 13 heavy (non-hydrogen) atoms. The molecule has 0 aromatic heterocycles. The van der Waals surface area contributed by atoms with Crippen LogP contribution in [0.15, 0.2) is 0 Å². The van der Waals surface area contributed by atoms with Crippen LogP contribution in [0.25, 0.3) is 0 Å². The van der Waals surface area contributed by atoms with Crippen molar-refractivity contribution < 1.29 is 14.7 Å². The average molecular weight is 186 g/mol. The van der Waals surface area contributed by atoms with Crippen molar-refractivity contribution in [3.8, 4) is 0 Å². The summed E-state index contributed by atoms with van der Waals surface area (Å²) in [7, 11) is 0. The van der Waals surface area contributed by atoms with E-state index in [1.165, 1.54) is 0 Å². The normalized spacial score (nSPS) is 12.9. The fourth-order valence-corrected chi connectivity index (χ4v) is 1.40. The number of rotatable bonds is 6. The van der Waals surface area contributed by atoms with E-state index >= 15 is 0 Å². The number of carboxylic acids is 1. The fraction of sp³-hybridized carbons (Fsp3) is 0.800. The lowest BCUT2D eigenvalue weighted by Crippen LogP contribution is -2.19. The minimum Gasteiger partial charge on any atom is -0.481 e. The molecule has 0 amide bonds. The Morgan fingerprint density at radius 1 is 1.31 bits per heavy atom. The highest BCUT2D eigenvalue weighted by Crippen LogP contribution is 2.17. The third-order valence-corrected chi connectivity index (χ3v) is 1.98. The van der Waals surface area contributed by atoms with Gasteiger partial charge in [-0.05, 0) is 12.3 Å². The number of Topliss-reactive ketones (excluding diaryl/α,β-unsaturated/α-hetero) is 1. The fourth-order valence-electron chi connectivity index (χ4n) is 1.40. The molecule has 0 rings (SSSR count). The zero-order valence-electron chi connectivity index (χ0n) is 8.54. The molecule has 0 saturated heterocycles. The minimum absolute atomic E-state index is 0.0230. The first-order chi connectivity index (χ1) is 5.97. The molecule has 1 atom stereocenters. The maximum absolute atomic E-state index is 11.3. The van der Waals surface area contributed by atoms with E-state index in [0.717, 1.165) is 0 Å². The van der Waals surface area contributed by atoms with Crippen LogP contribution < -0.4 is 0 Å². The summed E-state index contributed by atoms with van der Waals surface area (Å²) in [6, 6.07) is 0. The summed E-state index contributed by atoms with van der Waals surface area (Å²) in [5.74, 6) is -0.731. The van der Waals surface area contributed by atoms with Gasteiger partial charge in [-0.1, -0.05) is 20.8 Å². The second-order valence-electron chi connectivity index (χ2n) is 3.74. The van der Waals surface area contributed by atoms with Gasteiger partial charge < -0.3 is 5.11 Å². The molecule has 0 aromatic carbocycles. The zero-order chi connectivity index (χ0) is 10.4. The smallest absolute Gasteiger partial charge is 0.304 e. The van der Waals surface area contributed by atoms with Crippen molar-refractivity contribution in [3.63, 3.8) is 0 Å². The maximum Gasteiger partial charge on any atom is 0.304 e. The molecule has 0 aliphatic heterocycles. The van der Waals surface area contributed by atoms with Gasteiger partial charge in [-0.25, -0.2) is 0 Å². The SMILES string of the molecule is CCC(=O)C(CC(=O)O)CC(C)C. The van der Waals surface area contributed by atoms with Gasteiger partial charge in [0.15, 0.2) is 0 Å². The number of ketones is 1. The van der Waals surface area contributed by atoms with Crippen molar-refractivity contribution in [2.45, 2.75) is 40.0 Å². The van der Waals surface area contributed by atoms with Crippen LogP contribution >= 0.6 is 0 Å². The lowest BCUT2D eigenvalue weighted by Gasteiger charge is -2.14. The van der Waals surface area contributed by atoms with Gasteiger partial charge >= 0.3 is 5.97 Å². The molecule has 76 valence electrons. The largest absolute Gasteiger partial charge is 0.481 e. The van der Waals surface area contributed by atoms with E-state index in [9.17, 15) is 9.59 Å². The average Bonchev–Trinajstić information content (AvgIpc) is 2.00. The van der Waals surface area contributed by atoms with Gasteiger partial charge in [0, 0.05) is 12.3 Å².